The Hall–Kier alpha value is -3.71. The van der Waals surface area contributed by atoms with Gasteiger partial charge in [0.15, 0.2) is 5.78 Å². The second kappa shape index (κ2) is 12.0. The number of aromatic nitrogens is 2. The lowest BCUT2D eigenvalue weighted by Gasteiger charge is -2.27. The Kier molecular flexibility index (Phi) is 8.76. The molecule has 2 unspecified atom stereocenters. The molecule has 0 aliphatic rings. The molecule has 2 aromatic carbocycles. The summed E-state index contributed by atoms with van der Waals surface area (Å²) in [6, 6.07) is 18.9. The zero-order valence-corrected chi connectivity index (χ0v) is 19.5. The summed E-state index contributed by atoms with van der Waals surface area (Å²) in [5.74, 6) is 0.572. The average molecular weight is 462 g/mol. The highest BCUT2D eigenvalue weighted by Gasteiger charge is 2.28. The van der Waals surface area contributed by atoms with Crippen molar-refractivity contribution in [3.8, 4) is 0 Å². The zero-order valence-electron chi connectivity index (χ0n) is 19.5. The molecule has 3 N–H and O–H groups in total. The Bertz CT molecular complexity index is 1100. The van der Waals surface area contributed by atoms with Crippen molar-refractivity contribution < 1.29 is 19.4 Å². The van der Waals surface area contributed by atoms with Gasteiger partial charge in [-0.25, -0.2) is 9.78 Å². The van der Waals surface area contributed by atoms with Crippen molar-refractivity contribution in [2.75, 3.05) is 0 Å². The van der Waals surface area contributed by atoms with Crippen LogP contribution in [0.1, 0.15) is 53.6 Å². The Morgan fingerprint density at radius 3 is 2.15 bits per heavy atom. The molecule has 0 radical (unpaired) electrons. The van der Waals surface area contributed by atoms with Gasteiger partial charge in [-0.2, -0.15) is 0 Å². The van der Waals surface area contributed by atoms with Crippen LogP contribution in [-0.2, 0) is 17.6 Å². The first-order chi connectivity index (χ1) is 16.3. The Labute approximate surface area is 199 Å². The minimum absolute atomic E-state index is 0.107. The fourth-order valence-corrected chi connectivity index (χ4v) is 3.86. The molecule has 0 aliphatic carbocycles. The molecule has 7 nitrogen and oxygen atoms in total. The number of hydrogen-bond acceptors (Lipinski definition) is 5. The number of Topliss-reactive ketones (excluding diaryl/α,β-unsaturated/α-hetero) is 1. The van der Waals surface area contributed by atoms with Crippen LogP contribution in [0.25, 0.3) is 0 Å². The lowest BCUT2D eigenvalue weighted by Crippen LogP contribution is -2.45. The lowest BCUT2D eigenvalue weighted by molar-refractivity contribution is 0.100. The summed E-state index contributed by atoms with van der Waals surface area (Å²) in [4.78, 5) is 31.6. The van der Waals surface area contributed by atoms with Crippen molar-refractivity contribution in [3.05, 3.63) is 102 Å². The second-order valence-corrected chi connectivity index (χ2v) is 8.46. The number of aliphatic hydroxyl groups excluding tert-OH is 1. The molecule has 0 bridgehead atoms. The molecule has 0 fully saturated rings. The molecule has 34 heavy (non-hydrogen) atoms. The Morgan fingerprint density at radius 2 is 1.62 bits per heavy atom. The SMILES string of the molecule is C=C(C)OC(=O)NC(Cc1ccccc1)[C@@H](O)CC(Cc1ccccc1)c1ncc(C(C)=O)[nH]1. The van der Waals surface area contributed by atoms with Gasteiger partial charge in [-0.15, -0.1) is 0 Å². The number of aliphatic hydroxyl groups is 1. The van der Waals surface area contributed by atoms with Crippen LogP contribution in [0.5, 0.6) is 0 Å². The molecule has 1 heterocycles. The molecule has 1 amide bonds. The molecule has 178 valence electrons. The summed E-state index contributed by atoms with van der Waals surface area (Å²) in [6.07, 6.45) is 1.29. The number of amides is 1. The second-order valence-electron chi connectivity index (χ2n) is 8.46. The lowest BCUT2D eigenvalue weighted by atomic mass is 9.89. The number of ether oxygens (including phenoxy) is 1. The fourth-order valence-electron chi connectivity index (χ4n) is 3.86. The number of H-pyrrole nitrogens is 1. The van der Waals surface area contributed by atoms with E-state index in [1.807, 2.05) is 60.7 Å². The average Bonchev–Trinajstić information content (AvgIpc) is 3.30. The maximum Gasteiger partial charge on any atom is 0.412 e. The molecule has 3 aromatic rings. The summed E-state index contributed by atoms with van der Waals surface area (Å²) in [5, 5.41) is 14.1. The van der Waals surface area contributed by atoms with Crippen molar-refractivity contribution in [1.82, 2.24) is 15.3 Å². The van der Waals surface area contributed by atoms with Crippen LogP contribution in [0.2, 0.25) is 0 Å². The fraction of sp³-hybridized carbons (Fsp3) is 0.296. The number of imidazole rings is 1. The van der Waals surface area contributed by atoms with Crippen LogP contribution in [0, 0.1) is 0 Å². The largest absolute Gasteiger partial charge is 0.416 e. The van der Waals surface area contributed by atoms with Gasteiger partial charge in [-0.1, -0.05) is 67.2 Å². The highest BCUT2D eigenvalue weighted by Crippen LogP contribution is 2.26. The quantitative estimate of drug-likeness (QED) is 0.287. The molecule has 0 spiro atoms. The third kappa shape index (κ3) is 7.42. The minimum Gasteiger partial charge on any atom is -0.416 e. The van der Waals surface area contributed by atoms with Gasteiger partial charge in [0.05, 0.1) is 24.1 Å². The molecule has 7 heteroatoms. The summed E-state index contributed by atoms with van der Waals surface area (Å²) in [6.45, 7) is 6.66. The maximum atomic E-state index is 12.3. The Balaban J connectivity index is 1.83. The van der Waals surface area contributed by atoms with Gasteiger partial charge < -0.3 is 20.1 Å². The minimum atomic E-state index is -0.905. The van der Waals surface area contributed by atoms with Crippen molar-refractivity contribution in [2.24, 2.45) is 0 Å². The topological polar surface area (TPSA) is 104 Å². The molecule has 0 aliphatic heterocycles. The molecular formula is C27H31N3O4. The number of aromatic amines is 1. The van der Waals surface area contributed by atoms with E-state index in [4.69, 9.17) is 4.74 Å². The molecule has 3 atom stereocenters. The van der Waals surface area contributed by atoms with E-state index in [1.165, 1.54) is 13.1 Å². The highest BCUT2D eigenvalue weighted by molar-refractivity contribution is 5.91. The van der Waals surface area contributed by atoms with Crippen LogP contribution in [0.3, 0.4) is 0 Å². The van der Waals surface area contributed by atoms with Gasteiger partial charge in [-0.05, 0) is 37.3 Å². The van der Waals surface area contributed by atoms with Crippen LogP contribution >= 0.6 is 0 Å². The number of nitrogens with one attached hydrogen (secondary N) is 2. The number of nitrogens with zero attached hydrogens (tertiary/aromatic N) is 1. The number of allylic oxidation sites excluding steroid dienone is 1. The standard InChI is InChI=1S/C27H31N3O4/c1-18(2)34-27(33)30-23(15-21-12-8-5-9-13-21)25(32)16-22(14-20-10-6-4-7-11-20)26-28-17-24(29-26)19(3)31/h4-13,17,22-23,25,32H,1,14-16H2,2-3H3,(H,28,29)(H,30,33)/t22?,23?,25-/m0/s1. The van der Waals surface area contributed by atoms with Crippen LogP contribution < -0.4 is 5.32 Å². The summed E-state index contributed by atoms with van der Waals surface area (Å²) in [7, 11) is 0. The van der Waals surface area contributed by atoms with E-state index >= 15 is 0 Å². The van der Waals surface area contributed by atoms with E-state index in [-0.39, 0.29) is 17.5 Å². The summed E-state index contributed by atoms with van der Waals surface area (Å²) >= 11 is 0. The van der Waals surface area contributed by atoms with Gasteiger partial charge in [0.2, 0.25) is 0 Å². The van der Waals surface area contributed by atoms with Crippen molar-refractivity contribution >= 4 is 11.9 Å². The van der Waals surface area contributed by atoms with Crippen LogP contribution in [-0.4, -0.2) is 39.1 Å². The molecule has 3 rings (SSSR count). The number of benzene rings is 2. The van der Waals surface area contributed by atoms with E-state index < -0.39 is 18.2 Å². The third-order valence-corrected chi connectivity index (χ3v) is 5.55. The highest BCUT2D eigenvalue weighted by atomic mass is 16.6. The summed E-state index contributed by atoms with van der Waals surface area (Å²) < 4.78 is 5.07. The normalized spacial score (nSPS) is 13.5. The number of carbonyl (C=O) groups is 2. The first-order valence-electron chi connectivity index (χ1n) is 11.3. The first kappa shape index (κ1) is 24.9. The van der Waals surface area contributed by atoms with Gasteiger partial charge >= 0.3 is 6.09 Å². The van der Waals surface area contributed by atoms with Crippen LogP contribution in [0.4, 0.5) is 4.79 Å². The predicted molar refractivity (Wildman–Crippen MR) is 130 cm³/mol. The van der Waals surface area contributed by atoms with Gasteiger partial charge in [0.1, 0.15) is 11.5 Å². The number of rotatable bonds is 11. The number of ketones is 1. The molecule has 0 saturated heterocycles. The van der Waals surface area contributed by atoms with E-state index in [9.17, 15) is 14.7 Å². The maximum absolute atomic E-state index is 12.3. The molecular weight excluding hydrogens is 430 g/mol. The number of alkyl carbamates (subject to hydrolysis) is 1. The number of hydrogen-bond donors (Lipinski definition) is 3. The molecule has 0 saturated carbocycles. The van der Waals surface area contributed by atoms with Gasteiger partial charge in [0, 0.05) is 12.8 Å². The van der Waals surface area contributed by atoms with Crippen LogP contribution in [0.15, 0.2) is 79.2 Å². The van der Waals surface area contributed by atoms with E-state index in [2.05, 4.69) is 21.9 Å². The summed E-state index contributed by atoms with van der Waals surface area (Å²) in [5.41, 5.74) is 2.47. The van der Waals surface area contributed by atoms with Crippen molar-refractivity contribution in [2.45, 2.75) is 51.2 Å². The van der Waals surface area contributed by atoms with E-state index in [0.29, 0.717) is 30.8 Å². The van der Waals surface area contributed by atoms with E-state index in [1.54, 1.807) is 6.92 Å². The predicted octanol–water partition coefficient (Wildman–Crippen LogP) is 4.56. The van der Waals surface area contributed by atoms with E-state index in [0.717, 1.165) is 11.1 Å². The molecule has 1 aromatic heterocycles. The number of carbonyl (C=O) groups excluding carboxylic acids is 2. The van der Waals surface area contributed by atoms with Crippen molar-refractivity contribution in [3.63, 3.8) is 0 Å². The monoisotopic (exact) mass is 461 g/mol. The zero-order chi connectivity index (χ0) is 24.5. The van der Waals surface area contributed by atoms with Crippen molar-refractivity contribution in [1.29, 1.82) is 0 Å². The van der Waals surface area contributed by atoms with Gasteiger partial charge in [-0.3, -0.25) is 4.79 Å². The smallest absolute Gasteiger partial charge is 0.412 e. The third-order valence-electron chi connectivity index (χ3n) is 5.55. The van der Waals surface area contributed by atoms with Gasteiger partial charge in [0.25, 0.3) is 0 Å². The first-order valence-corrected chi connectivity index (χ1v) is 11.3. The Morgan fingerprint density at radius 1 is 1.03 bits per heavy atom.